The van der Waals surface area contributed by atoms with Crippen LogP contribution in [0.5, 0.6) is 5.88 Å². The van der Waals surface area contributed by atoms with Crippen molar-refractivity contribution in [3.8, 4) is 5.88 Å². The predicted octanol–water partition coefficient (Wildman–Crippen LogP) is 1.91. The molecule has 2 aromatic rings. The van der Waals surface area contributed by atoms with Gasteiger partial charge in [-0.05, 0) is 37.6 Å². The zero-order chi connectivity index (χ0) is 19.1. The maximum atomic E-state index is 11.0. The molecular weight excluding hydrogens is 342 g/mol. The lowest BCUT2D eigenvalue weighted by molar-refractivity contribution is 0.0912. The summed E-state index contributed by atoms with van der Waals surface area (Å²) in [6.45, 7) is 2.77. The Kier molecular flexibility index (Phi) is 7.18. The first-order valence-electron chi connectivity index (χ1n) is 9.53. The van der Waals surface area contributed by atoms with E-state index >= 15 is 0 Å². The van der Waals surface area contributed by atoms with Crippen LogP contribution in [0.1, 0.15) is 36.1 Å². The molecule has 0 bridgehead atoms. The van der Waals surface area contributed by atoms with Crippen LogP contribution in [0.4, 0.5) is 0 Å². The number of rotatable bonds is 9. The molecule has 3 N–H and O–H groups in total. The lowest BCUT2D eigenvalue weighted by atomic mass is 10.00. The Morgan fingerprint density at radius 2 is 1.85 bits per heavy atom. The van der Waals surface area contributed by atoms with E-state index in [1.54, 1.807) is 19.4 Å². The molecule has 1 aromatic carbocycles. The average Bonchev–Trinajstić information content (AvgIpc) is 3.24. The molecule has 1 aromatic heterocycles. The number of aliphatic hydroxyl groups is 2. The third-order valence-electron chi connectivity index (χ3n) is 5.14. The molecule has 2 heterocycles. The number of hydrogen-bond donors (Lipinski definition) is 3. The zero-order valence-electron chi connectivity index (χ0n) is 15.8. The molecule has 0 radical (unpaired) electrons. The van der Waals surface area contributed by atoms with Gasteiger partial charge in [0.05, 0.1) is 31.9 Å². The van der Waals surface area contributed by atoms with Gasteiger partial charge in [-0.2, -0.15) is 0 Å². The summed E-state index contributed by atoms with van der Waals surface area (Å²) in [4.78, 5) is 6.58. The second kappa shape index (κ2) is 9.80. The maximum absolute atomic E-state index is 11.0. The highest BCUT2D eigenvalue weighted by Gasteiger charge is 2.27. The number of likely N-dealkylation sites (tertiary alicyclic amines) is 1. The highest BCUT2D eigenvalue weighted by Crippen LogP contribution is 2.23. The molecule has 146 valence electrons. The van der Waals surface area contributed by atoms with Crippen molar-refractivity contribution in [3.63, 3.8) is 0 Å². The van der Waals surface area contributed by atoms with Crippen molar-refractivity contribution >= 4 is 0 Å². The van der Waals surface area contributed by atoms with Crippen molar-refractivity contribution in [1.29, 1.82) is 0 Å². The van der Waals surface area contributed by atoms with Gasteiger partial charge in [0, 0.05) is 24.4 Å². The van der Waals surface area contributed by atoms with Crippen LogP contribution < -0.4 is 10.1 Å². The molecule has 1 aliphatic rings. The first-order chi connectivity index (χ1) is 13.2. The van der Waals surface area contributed by atoms with Crippen LogP contribution in [-0.2, 0) is 0 Å². The average molecular weight is 371 g/mol. The van der Waals surface area contributed by atoms with Gasteiger partial charge >= 0.3 is 0 Å². The first kappa shape index (κ1) is 19.8. The Labute approximate surface area is 160 Å². The lowest BCUT2D eigenvalue weighted by Crippen LogP contribution is -2.46. The fraction of sp³-hybridized carbons (Fsp3) is 0.476. The maximum Gasteiger partial charge on any atom is 0.212 e. The Morgan fingerprint density at radius 3 is 2.44 bits per heavy atom. The van der Waals surface area contributed by atoms with E-state index in [-0.39, 0.29) is 18.7 Å². The molecular formula is C21H29N3O3. The van der Waals surface area contributed by atoms with E-state index in [0.717, 1.165) is 30.8 Å². The van der Waals surface area contributed by atoms with Crippen LogP contribution in [0.2, 0.25) is 0 Å². The second-order valence-electron chi connectivity index (χ2n) is 7.01. The van der Waals surface area contributed by atoms with Gasteiger partial charge in [0.1, 0.15) is 0 Å². The molecule has 1 fully saturated rings. The quantitative estimate of drug-likeness (QED) is 0.625. The number of hydrogen-bond acceptors (Lipinski definition) is 6. The Bertz CT molecular complexity index is 675. The molecule has 6 nitrogen and oxygen atoms in total. The van der Waals surface area contributed by atoms with Gasteiger partial charge in [-0.3, -0.25) is 0 Å². The number of nitrogens with zero attached hydrogens (tertiary/aromatic N) is 2. The summed E-state index contributed by atoms with van der Waals surface area (Å²) in [5.74, 6) is 0.521. The van der Waals surface area contributed by atoms with Gasteiger partial charge < -0.3 is 25.2 Å². The number of benzene rings is 1. The minimum absolute atomic E-state index is 0.0336. The molecule has 1 saturated heterocycles. The summed E-state index contributed by atoms with van der Waals surface area (Å²) >= 11 is 0. The molecule has 1 aliphatic heterocycles. The van der Waals surface area contributed by atoms with Crippen molar-refractivity contribution < 1.29 is 14.9 Å². The minimum Gasteiger partial charge on any atom is -0.481 e. The van der Waals surface area contributed by atoms with Gasteiger partial charge in [0.2, 0.25) is 5.88 Å². The number of aromatic nitrogens is 1. The number of pyridine rings is 1. The number of methoxy groups -OCH3 is 1. The minimum atomic E-state index is -0.734. The third-order valence-corrected chi connectivity index (χ3v) is 5.14. The molecule has 0 amide bonds. The fourth-order valence-corrected chi connectivity index (χ4v) is 3.60. The van der Waals surface area contributed by atoms with E-state index in [1.807, 2.05) is 36.4 Å². The van der Waals surface area contributed by atoms with E-state index in [4.69, 9.17) is 4.74 Å². The molecule has 0 aliphatic carbocycles. The molecule has 27 heavy (non-hydrogen) atoms. The third kappa shape index (κ3) is 5.26. The standard InChI is InChI=1S/C21H29N3O3/c1-27-20-10-9-17(13-22-20)21(26)18(14-24-11-5-6-12-24)23-19(15-25)16-7-3-2-4-8-16/h2-4,7-10,13,18-19,21,23,25-26H,5-6,11-12,14-15H2,1H3/t18?,19-,21?/m1/s1. The normalized spacial score (nSPS) is 18.2. The summed E-state index contributed by atoms with van der Waals surface area (Å²) < 4.78 is 5.11. The predicted molar refractivity (Wildman–Crippen MR) is 105 cm³/mol. The monoisotopic (exact) mass is 371 g/mol. The van der Waals surface area contributed by atoms with Crippen molar-refractivity contribution in [2.24, 2.45) is 0 Å². The Balaban J connectivity index is 1.78. The topological polar surface area (TPSA) is 77.9 Å². The molecule has 3 atom stereocenters. The van der Waals surface area contributed by atoms with Crippen LogP contribution in [0.25, 0.3) is 0 Å². The van der Waals surface area contributed by atoms with Gasteiger partial charge in [0.25, 0.3) is 0 Å². The first-order valence-corrected chi connectivity index (χ1v) is 9.53. The molecule has 3 rings (SSSR count). The second-order valence-corrected chi connectivity index (χ2v) is 7.01. The highest BCUT2D eigenvalue weighted by atomic mass is 16.5. The Morgan fingerprint density at radius 1 is 1.11 bits per heavy atom. The number of aliphatic hydroxyl groups excluding tert-OH is 2. The smallest absolute Gasteiger partial charge is 0.212 e. The molecule has 0 saturated carbocycles. The van der Waals surface area contributed by atoms with Crippen molar-refractivity contribution in [2.45, 2.75) is 31.0 Å². The van der Waals surface area contributed by atoms with E-state index in [9.17, 15) is 10.2 Å². The summed E-state index contributed by atoms with van der Waals surface area (Å²) in [6, 6.07) is 13.0. The van der Waals surface area contributed by atoms with Gasteiger partial charge in [0.15, 0.2) is 0 Å². The van der Waals surface area contributed by atoms with Crippen LogP contribution in [0.3, 0.4) is 0 Å². The number of ether oxygens (including phenoxy) is 1. The summed E-state index contributed by atoms with van der Waals surface area (Å²) in [5.41, 5.74) is 1.74. The summed E-state index contributed by atoms with van der Waals surface area (Å²) in [7, 11) is 1.57. The van der Waals surface area contributed by atoms with Gasteiger partial charge in [-0.15, -0.1) is 0 Å². The molecule has 2 unspecified atom stereocenters. The summed E-state index contributed by atoms with van der Waals surface area (Å²) in [6.07, 6.45) is 3.30. The molecule has 0 spiro atoms. The molecule has 6 heteroatoms. The van der Waals surface area contributed by atoms with Crippen LogP contribution in [-0.4, -0.2) is 59.5 Å². The van der Waals surface area contributed by atoms with E-state index in [2.05, 4.69) is 15.2 Å². The fourth-order valence-electron chi connectivity index (χ4n) is 3.60. The van der Waals surface area contributed by atoms with Crippen molar-refractivity contribution in [3.05, 3.63) is 59.8 Å². The largest absolute Gasteiger partial charge is 0.481 e. The van der Waals surface area contributed by atoms with Gasteiger partial charge in [-0.25, -0.2) is 4.98 Å². The van der Waals surface area contributed by atoms with Crippen LogP contribution >= 0.6 is 0 Å². The summed E-state index contributed by atoms with van der Waals surface area (Å²) in [5, 5.41) is 24.4. The van der Waals surface area contributed by atoms with E-state index < -0.39 is 6.10 Å². The number of nitrogens with one attached hydrogen (secondary N) is 1. The van der Waals surface area contributed by atoms with Gasteiger partial charge in [-0.1, -0.05) is 30.3 Å². The van der Waals surface area contributed by atoms with Crippen molar-refractivity contribution in [1.82, 2.24) is 15.2 Å². The highest BCUT2D eigenvalue weighted by molar-refractivity contribution is 5.22. The lowest BCUT2D eigenvalue weighted by Gasteiger charge is -2.32. The van der Waals surface area contributed by atoms with E-state index in [1.165, 1.54) is 12.8 Å². The van der Waals surface area contributed by atoms with Crippen molar-refractivity contribution in [2.75, 3.05) is 33.4 Å². The Hall–Kier alpha value is -1.99. The van der Waals surface area contributed by atoms with Crippen LogP contribution in [0, 0.1) is 0 Å². The zero-order valence-corrected chi connectivity index (χ0v) is 15.8. The SMILES string of the molecule is COc1ccc(C(O)C(CN2CCCC2)N[C@H](CO)c2ccccc2)cn1. The van der Waals surface area contributed by atoms with E-state index in [0.29, 0.717) is 5.88 Å². The van der Waals surface area contributed by atoms with Crippen LogP contribution in [0.15, 0.2) is 48.7 Å².